The van der Waals surface area contributed by atoms with Crippen molar-refractivity contribution >= 4 is 55.7 Å². The standard InChI is InChI=1S/C29H21BrN6O2S/c1-18-6-5-9-23(14-18)38-17-25-33-36-27(31)24(28(37)32-29(36)39-25)15-20-16-35(22-7-3-2-4-8-22)34-26(20)19-10-12-21(30)13-11-19/h2-16,31H,17H2,1H3/b24-15-,31-27?. The van der Waals surface area contributed by atoms with Gasteiger partial charge in [0.1, 0.15) is 17.4 Å². The average Bonchev–Trinajstić information content (AvgIpc) is 3.55. The number of ether oxygens (including phenoxy) is 1. The number of thioether (sulfide) groups is 1. The highest BCUT2D eigenvalue weighted by molar-refractivity contribution is 9.10. The zero-order valence-corrected chi connectivity index (χ0v) is 23.1. The minimum Gasteiger partial charge on any atom is -0.487 e. The summed E-state index contributed by atoms with van der Waals surface area (Å²) in [6, 6.07) is 25.3. The highest BCUT2D eigenvalue weighted by atomic mass is 79.9. The Morgan fingerprint density at radius 1 is 1.05 bits per heavy atom. The van der Waals surface area contributed by atoms with Gasteiger partial charge in [-0.25, -0.2) is 4.68 Å². The summed E-state index contributed by atoms with van der Waals surface area (Å²) in [5, 5.41) is 20.5. The fourth-order valence-electron chi connectivity index (χ4n) is 4.13. The molecule has 4 aromatic rings. The van der Waals surface area contributed by atoms with Crippen molar-refractivity contribution in [1.82, 2.24) is 14.8 Å². The summed E-state index contributed by atoms with van der Waals surface area (Å²) in [4.78, 5) is 17.3. The molecular weight excluding hydrogens is 576 g/mol. The zero-order valence-electron chi connectivity index (χ0n) is 20.7. The molecule has 192 valence electrons. The van der Waals surface area contributed by atoms with Crippen molar-refractivity contribution < 1.29 is 9.53 Å². The van der Waals surface area contributed by atoms with Gasteiger partial charge in [0.05, 0.1) is 17.0 Å². The Morgan fingerprint density at radius 3 is 2.62 bits per heavy atom. The number of halogens is 1. The van der Waals surface area contributed by atoms with Crippen LogP contribution in [0.3, 0.4) is 0 Å². The number of aromatic nitrogens is 2. The number of hydrogen-bond acceptors (Lipinski definition) is 6. The molecule has 1 aromatic heterocycles. The van der Waals surface area contributed by atoms with E-state index in [1.54, 1.807) is 10.8 Å². The largest absolute Gasteiger partial charge is 0.487 e. The van der Waals surface area contributed by atoms with E-state index < -0.39 is 5.91 Å². The molecule has 0 atom stereocenters. The lowest BCUT2D eigenvalue weighted by Crippen LogP contribution is -2.35. The quantitative estimate of drug-likeness (QED) is 0.263. The molecule has 3 aromatic carbocycles. The van der Waals surface area contributed by atoms with Crippen LogP contribution in [0.2, 0.25) is 0 Å². The van der Waals surface area contributed by atoms with Crippen molar-refractivity contribution in [2.75, 3.05) is 6.61 Å². The smallest absolute Gasteiger partial charge is 0.283 e. The minimum absolute atomic E-state index is 0.0442. The predicted octanol–water partition coefficient (Wildman–Crippen LogP) is 6.31. The van der Waals surface area contributed by atoms with Crippen molar-refractivity contribution in [3.8, 4) is 22.7 Å². The molecule has 39 heavy (non-hydrogen) atoms. The molecule has 8 nitrogen and oxygen atoms in total. The van der Waals surface area contributed by atoms with Crippen LogP contribution in [0, 0.1) is 12.3 Å². The first-order chi connectivity index (χ1) is 18.9. The number of amidine groups is 2. The second kappa shape index (κ2) is 10.5. The maximum atomic E-state index is 13.1. The van der Waals surface area contributed by atoms with E-state index in [-0.39, 0.29) is 18.0 Å². The molecule has 2 aliphatic heterocycles. The Hall–Kier alpha value is -4.28. The van der Waals surface area contributed by atoms with Gasteiger partial charge in [0.2, 0.25) is 5.17 Å². The Labute approximate surface area is 237 Å². The number of rotatable bonds is 6. The highest BCUT2D eigenvalue weighted by Gasteiger charge is 2.36. The molecule has 10 heteroatoms. The molecule has 1 amide bonds. The molecule has 0 saturated carbocycles. The van der Waals surface area contributed by atoms with E-state index in [1.165, 1.54) is 16.8 Å². The Morgan fingerprint density at radius 2 is 1.85 bits per heavy atom. The van der Waals surface area contributed by atoms with E-state index in [0.717, 1.165) is 27.0 Å². The molecule has 2 aliphatic rings. The van der Waals surface area contributed by atoms with Gasteiger partial charge in [-0.15, -0.1) is 0 Å². The summed E-state index contributed by atoms with van der Waals surface area (Å²) in [6.07, 6.45) is 3.51. The van der Waals surface area contributed by atoms with E-state index in [9.17, 15) is 4.79 Å². The number of amides is 1. The number of aliphatic imine (C=N–C) groups is 1. The Kier molecular flexibility index (Phi) is 6.72. The number of nitrogens with one attached hydrogen (secondary N) is 1. The Bertz CT molecular complexity index is 1690. The second-order valence-corrected chi connectivity index (χ2v) is 10.8. The van der Waals surface area contributed by atoms with Crippen LogP contribution in [0.5, 0.6) is 5.75 Å². The molecule has 1 N–H and O–H groups in total. The van der Waals surface area contributed by atoms with Gasteiger partial charge in [0, 0.05) is 21.8 Å². The predicted molar refractivity (Wildman–Crippen MR) is 158 cm³/mol. The van der Waals surface area contributed by atoms with Gasteiger partial charge in [-0.05, 0) is 66.7 Å². The molecule has 0 aliphatic carbocycles. The normalized spacial score (nSPS) is 15.8. The molecule has 3 heterocycles. The highest BCUT2D eigenvalue weighted by Crippen LogP contribution is 2.31. The van der Waals surface area contributed by atoms with Crippen molar-refractivity contribution in [1.29, 1.82) is 5.41 Å². The van der Waals surface area contributed by atoms with Crippen LogP contribution < -0.4 is 4.74 Å². The average molecular weight is 597 g/mol. The SMILES string of the molecule is Cc1cccc(OCC2=NN3C(=N)/C(=C/c4cn(-c5ccccc5)nc4-c4ccc(Br)cc4)C(=O)N=C3S2)c1. The Balaban J connectivity index is 1.32. The van der Waals surface area contributed by atoms with Crippen LogP contribution in [0.25, 0.3) is 23.0 Å². The maximum Gasteiger partial charge on any atom is 0.283 e. The van der Waals surface area contributed by atoms with Crippen LogP contribution >= 0.6 is 27.7 Å². The lowest BCUT2D eigenvalue weighted by molar-refractivity contribution is -0.114. The van der Waals surface area contributed by atoms with Crippen molar-refractivity contribution in [2.45, 2.75) is 6.92 Å². The summed E-state index contributed by atoms with van der Waals surface area (Å²) < 4.78 is 8.58. The fourth-order valence-corrected chi connectivity index (χ4v) is 5.20. The molecule has 0 radical (unpaired) electrons. The molecule has 0 spiro atoms. The zero-order chi connectivity index (χ0) is 26.9. The van der Waals surface area contributed by atoms with Crippen molar-refractivity contribution in [2.24, 2.45) is 10.1 Å². The maximum absolute atomic E-state index is 13.1. The first-order valence-corrected chi connectivity index (χ1v) is 13.7. The lowest BCUT2D eigenvalue weighted by atomic mass is 10.0. The van der Waals surface area contributed by atoms with Crippen molar-refractivity contribution in [3.05, 3.63) is 106 Å². The first-order valence-electron chi connectivity index (χ1n) is 12.0. The first kappa shape index (κ1) is 25.0. The van der Waals surface area contributed by atoms with E-state index in [4.69, 9.17) is 15.2 Å². The molecule has 0 fully saturated rings. The van der Waals surface area contributed by atoms with Crippen LogP contribution in [0.15, 0.2) is 105 Å². The number of carbonyl (C=O) groups excluding carboxylic acids is 1. The van der Waals surface area contributed by atoms with Crippen LogP contribution in [-0.2, 0) is 4.79 Å². The molecule has 0 saturated heterocycles. The summed E-state index contributed by atoms with van der Waals surface area (Å²) in [7, 11) is 0. The van der Waals surface area contributed by atoms with Gasteiger partial charge in [0.25, 0.3) is 5.91 Å². The number of hydrazone groups is 1. The number of aryl methyl sites for hydroxylation is 1. The summed E-state index contributed by atoms with van der Waals surface area (Å²) in [5.74, 6) is 0.189. The van der Waals surface area contributed by atoms with Gasteiger partial charge < -0.3 is 4.74 Å². The third-order valence-electron chi connectivity index (χ3n) is 6.03. The summed E-state index contributed by atoms with van der Waals surface area (Å²) in [6.45, 7) is 2.21. The number of benzene rings is 3. The summed E-state index contributed by atoms with van der Waals surface area (Å²) in [5.41, 5.74) is 4.35. The third kappa shape index (κ3) is 5.21. The molecule has 0 unspecified atom stereocenters. The monoisotopic (exact) mass is 596 g/mol. The van der Waals surface area contributed by atoms with Crippen LogP contribution in [0.4, 0.5) is 0 Å². The van der Waals surface area contributed by atoms with Crippen LogP contribution in [0.1, 0.15) is 11.1 Å². The van der Waals surface area contributed by atoms with Gasteiger partial charge in [0.15, 0.2) is 5.84 Å². The molecular formula is C29H21BrN6O2S. The topological polar surface area (TPSA) is 95.9 Å². The number of hydrogen-bond donors (Lipinski definition) is 1. The minimum atomic E-state index is -0.496. The third-order valence-corrected chi connectivity index (χ3v) is 7.44. The van der Waals surface area contributed by atoms with E-state index >= 15 is 0 Å². The van der Waals surface area contributed by atoms with Gasteiger partial charge in [-0.1, -0.05) is 58.4 Å². The van der Waals surface area contributed by atoms with Gasteiger partial charge >= 0.3 is 0 Å². The lowest BCUT2D eigenvalue weighted by Gasteiger charge is -2.20. The van der Waals surface area contributed by atoms with Crippen LogP contribution in [-0.4, -0.2) is 43.4 Å². The number of para-hydroxylation sites is 1. The van der Waals surface area contributed by atoms with E-state index in [0.29, 0.717) is 21.5 Å². The van der Waals surface area contributed by atoms with Gasteiger partial charge in [-0.2, -0.15) is 20.2 Å². The number of carbonyl (C=O) groups is 1. The summed E-state index contributed by atoms with van der Waals surface area (Å²) >= 11 is 4.71. The molecule has 0 bridgehead atoms. The number of nitrogens with zero attached hydrogens (tertiary/aromatic N) is 5. The fraction of sp³-hybridized carbons (Fsp3) is 0.0690. The van der Waals surface area contributed by atoms with E-state index in [2.05, 4.69) is 26.0 Å². The van der Waals surface area contributed by atoms with Gasteiger partial charge in [-0.3, -0.25) is 10.2 Å². The second-order valence-electron chi connectivity index (χ2n) is 8.84. The van der Waals surface area contributed by atoms with Crippen molar-refractivity contribution in [3.63, 3.8) is 0 Å². The molecule has 6 rings (SSSR count). The van der Waals surface area contributed by atoms with E-state index in [1.807, 2.05) is 92.0 Å². The number of fused-ring (bicyclic) bond motifs is 1.